The van der Waals surface area contributed by atoms with Gasteiger partial charge in [0.25, 0.3) is 0 Å². The van der Waals surface area contributed by atoms with Gasteiger partial charge in [-0.2, -0.15) is 0 Å². The Hall–Kier alpha value is -3.03. The van der Waals surface area contributed by atoms with Crippen LogP contribution in [0.4, 0.5) is 10.5 Å². The van der Waals surface area contributed by atoms with E-state index in [1.165, 1.54) is 11.3 Å². The molecule has 0 saturated carbocycles. The molecule has 0 aromatic heterocycles. The Kier molecular flexibility index (Phi) is 7.20. The maximum Gasteiger partial charge on any atom is 0.338 e. The molecule has 2 N–H and O–H groups in total. The average molecular weight is 469 g/mol. The first-order chi connectivity index (χ1) is 16.0. The predicted molar refractivity (Wildman–Crippen MR) is 129 cm³/mol. The van der Waals surface area contributed by atoms with Gasteiger partial charge in [0, 0.05) is 49.1 Å². The van der Waals surface area contributed by atoms with E-state index < -0.39 is 12.0 Å². The highest BCUT2D eigenvalue weighted by Gasteiger charge is 2.35. The van der Waals surface area contributed by atoms with E-state index in [0.29, 0.717) is 28.4 Å². The number of carbonyl (C=O) groups is 2. The van der Waals surface area contributed by atoms with Crippen LogP contribution in [0.25, 0.3) is 0 Å². The number of amides is 2. The Balaban J connectivity index is 1.57. The van der Waals surface area contributed by atoms with Crippen LogP contribution >= 0.6 is 11.6 Å². The lowest BCUT2D eigenvalue weighted by Gasteiger charge is -2.38. The minimum absolute atomic E-state index is 0.244. The molecule has 0 unspecified atom stereocenters. The van der Waals surface area contributed by atoms with Crippen molar-refractivity contribution in [1.82, 2.24) is 15.5 Å². The van der Waals surface area contributed by atoms with E-state index in [2.05, 4.69) is 51.6 Å². The molecule has 1 atom stereocenters. The molecule has 2 aromatic rings. The number of rotatable bonds is 6. The zero-order chi connectivity index (χ0) is 23.4. The summed E-state index contributed by atoms with van der Waals surface area (Å²) >= 11 is 6.41. The van der Waals surface area contributed by atoms with Gasteiger partial charge < -0.3 is 20.3 Å². The van der Waals surface area contributed by atoms with Crippen molar-refractivity contribution in [3.05, 3.63) is 76.0 Å². The van der Waals surface area contributed by atoms with Crippen LogP contribution in [0, 0.1) is 6.92 Å². The number of urea groups is 1. The molecule has 174 valence electrons. The number of nitrogens with one attached hydrogen (secondary N) is 2. The molecule has 2 aliphatic rings. The number of hydrogen-bond acceptors (Lipinski definition) is 5. The minimum Gasteiger partial charge on any atom is -0.463 e. The van der Waals surface area contributed by atoms with Crippen LogP contribution in [0.1, 0.15) is 24.1 Å². The van der Waals surface area contributed by atoms with E-state index in [1.54, 1.807) is 13.0 Å². The minimum atomic E-state index is -0.671. The second-order valence-electron chi connectivity index (χ2n) is 8.27. The molecule has 7 nitrogen and oxygen atoms in total. The van der Waals surface area contributed by atoms with Crippen LogP contribution in [0.2, 0.25) is 5.02 Å². The third kappa shape index (κ3) is 5.31. The topological polar surface area (TPSA) is 73.9 Å². The molecule has 2 heterocycles. The zero-order valence-corrected chi connectivity index (χ0v) is 19.7. The highest BCUT2D eigenvalue weighted by atomic mass is 35.5. The van der Waals surface area contributed by atoms with Crippen molar-refractivity contribution < 1.29 is 14.3 Å². The van der Waals surface area contributed by atoms with E-state index in [1.807, 2.05) is 18.2 Å². The number of hydrogen-bond donors (Lipinski definition) is 2. The molecule has 4 rings (SSSR count). The molecule has 33 heavy (non-hydrogen) atoms. The number of ether oxygens (including phenoxy) is 1. The Morgan fingerprint density at radius 1 is 1.12 bits per heavy atom. The number of anilines is 1. The van der Waals surface area contributed by atoms with Crippen molar-refractivity contribution in [3.8, 4) is 0 Å². The standard InChI is InChI=1S/C25H29ClN4O3/c1-3-33-24(31)22-21(27-25(32)28-23(22)19-9-4-5-10-20(19)26)16-29-11-13-30(14-12-29)18-8-6-7-17(2)15-18/h4-10,15,23H,3,11-14,16H2,1-2H3,(H2,27,28,32)/t23-/m0/s1. The Labute approximate surface area is 199 Å². The predicted octanol–water partition coefficient (Wildman–Crippen LogP) is 3.64. The van der Waals surface area contributed by atoms with Gasteiger partial charge in [-0.15, -0.1) is 0 Å². The monoisotopic (exact) mass is 468 g/mol. The van der Waals surface area contributed by atoms with Gasteiger partial charge in [0.2, 0.25) is 0 Å². The van der Waals surface area contributed by atoms with Crippen molar-refractivity contribution in [3.63, 3.8) is 0 Å². The van der Waals surface area contributed by atoms with Crippen LogP contribution in [0.5, 0.6) is 0 Å². The van der Waals surface area contributed by atoms with E-state index in [-0.39, 0.29) is 12.6 Å². The van der Waals surface area contributed by atoms with Crippen LogP contribution in [-0.2, 0) is 9.53 Å². The van der Waals surface area contributed by atoms with E-state index in [9.17, 15) is 9.59 Å². The van der Waals surface area contributed by atoms with Gasteiger partial charge in [0.1, 0.15) is 0 Å². The van der Waals surface area contributed by atoms with Gasteiger partial charge in [-0.1, -0.05) is 41.9 Å². The largest absolute Gasteiger partial charge is 0.463 e. The van der Waals surface area contributed by atoms with Crippen molar-refractivity contribution in [1.29, 1.82) is 0 Å². The number of benzene rings is 2. The van der Waals surface area contributed by atoms with Crippen molar-refractivity contribution >= 4 is 29.3 Å². The van der Waals surface area contributed by atoms with E-state index in [0.717, 1.165) is 26.2 Å². The number of carbonyl (C=O) groups excluding carboxylic acids is 2. The molecule has 2 aliphatic heterocycles. The summed E-state index contributed by atoms with van der Waals surface area (Å²) in [4.78, 5) is 30.1. The fourth-order valence-electron chi connectivity index (χ4n) is 4.35. The van der Waals surface area contributed by atoms with Crippen LogP contribution in [-0.4, -0.2) is 56.2 Å². The van der Waals surface area contributed by atoms with E-state index in [4.69, 9.17) is 16.3 Å². The molecular formula is C25H29ClN4O3. The van der Waals surface area contributed by atoms with Gasteiger partial charge in [0.15, 0.2) is 0 Å². The lowest BCUT2D eigenvalue weighted by atomic mass is 9.94. The average Bonchev–Trinajstić information content (AvgIpc) is 2.79. The summed E-state index contributed by atoms with van der Waals surface area (Å²) in [5.41, 5.74) is 4.08. The summed E-state index contributed by atoms with van der Waals surface area (Å²) in [7, 11) is 0. The Morgan fingerprint density at radius 3 is 2.58 bits per heavy atom. The second kappa shape index (κ2) is 10.3. The third-order valence-corrected chi connectivity index (χ3v) is 6.33. The summed E-state index contributed by atoms with van der Waals surface area (Å²) in [5.74, 6) is -0.455. The number of nitrogens with zero attached hydrogens (tertiary/aromatic N) is 2. The highest BCUT2D eigenvalue weighted by Crippen LogP contribution is 2.32. The van der Waals surface area contributed by atoms with Crippen molar-refractivity contribution in [2.45, 2.75) is 19.9 Å². The summed E-state index contributed by atoms with van der Waals surface area (Å²) in [6.07, 6.45) is 0. The Morgan fingerprint density at radius 2 is 1.88 bits per heavy atom. The molecule has 8 heteroatoms. The summed E-state index contributed by atoms with van der Waals surface area (Å²) in [5, 5.41) is 6.18. The maximum absolute atomic E-state index is 13.0. The number of esters is 1. The smallest absolute Gasteiger partial charge is 0.338 e. The third-order valence-electron chi connectivity index (χ3n) is 5.99. The van der Waals surface area contributed by atoms with Crippen molar-refractivity contribution in [2.75, 3.05) is 44.2 Å². The first-order valence-corrected chi connectivity index (χ1v) is 11.6. The fourth-order valence-corrected chi connectivity index (χ4v) is 4.59. The molecule has 0 aliphatic carbocycles. The normalized spacial score (nSPS) is 19.2. The number of piperazine rings is 1. The van der Waals surface area contributed by atoms with Crippen LogP contribution in [0.3, 0.4) is 0 Å². The molecule has 2 aromatic carbocycles. The molecule has 2 amide bonds. The summed E-state index contributed by atoms with van der Waals surface area (Å²) < 4.78 is 5.36. The number of aryl methyl sites for hydroxylation is 1. The summed E-state index contributed by atoms with van der Waals surface area (Å²) in [6, 6.07) is 14.7. The maximum atomic E-state index is 13.0. The Bertz CT molecular complexity index is 1060. The van der Waals surface area contributed by atoms with Crippen LogP contribution < -0.4 is 15.5 Å². The van der Waals surface area contributed by atoms with Crippen molar-refractivity contribution in [2.24, 2.45) is 0 Å². The fraction of sp³-hybridized carbons (Fsp3) is 0.360. The quantitative estimate of drug-likeness (QED) is 0.633. The molecular weight excluding hydrogens is 440 g/mol. The summed E-state index contributed by atoms with van der Waals surface area (Å²) in [6.45, 7) is 7.91. The first kappa shape index (κ1) is 23.1. The van der Waals surface area contributed by atoms with E-state index >= 15 is 0 Å². The molecule has 0 radical (unpaired) electrons. The highest BCUT2D eigenvalue weighted by molar-refractivity contribution is 6.31. The SMILES string of the molecule is CCOC(=O)C1=C(CN2CCN(c3cccc(C)c3)CC2)NC(=O)N[C@H]1c1ccccc1Cl. The zero-order valence-electron chi connectivity index (χ0n) is 18.9. The van der Waals surface area contributed by atoms with Crippen LogP contribution in [0.15, 0.2) is 59.8 Å². The second-order valence-corrected chi connectivity index (χ2v) is 8.68. The lowest BCUT2D eigenvalue weighted by Crippen LogP contribution is -2.51. The lowest BCUT2D eigenvalue weighted by molar-refractivity contribution is -0.139. The molecule has 1 fully saturated rings. The number of halogens is 1. The molecule has 1 saturated heterocycles. The van der Waals surface area contributed by atoms with Gasteiger partial charge in [0.05, 0.1) is 18.2 Å². The van der Waals surface area contributed by atoms with Gasteiger partial charge in [-0.3, -0.25) is 4.90 Å². The van der Waals surface area contributed by atoms with Gasteiger partial charge >= 0.3 is 12.0 Å². The van der Waals surface area contributed by atoms with Gasteiger partial charge in [-0.05, 0) is 43.2 Å². The van der Waals surface area contributed by atoms with Gasteiger partial charge in [-0.25, -0.2) is 9.59 Å². The molecule has 0 bridgehead atoms. The first-order valence-electron chi connectivity index (χ1n) is 11.2. The molecule has 0 spiro atoms.